The van der Waals surface area contributed by atoms with E-state index >= 15 is 0 Å². The molecular weight excluding hydrogens is 699 g/mol. The Bertz CT molecular complexity index is 1810. The maximum Gasteiger partial charge on any atom is 0.395 e. The molecule has 53 heavy (non-hydrogen) atoms. The number of benzene rings is 4. The van der Waals surface area contributed by atoms with Crippen LogP contribution in [0.1, 0.15) is 35.1 Å². The third-order valence-electron chi connectivity index (χ3n) is 8.53. The second-order valence-corrected chi connectivity index (χ2v) is 15.3. The number of carboxylic acids is 1. The molecule has 0 saturated carbocycles. The van der Waals surface area contributed by atoms with Crippen LogP contribution in [-0.2, 0) is 54.6 Å². The van der Waals surface area contributed by atoms with Crippen molar-refractivity contribution in [3.8, 4) is 0 Å². The van der Waals surface area contributed by atoms with Crippen molar-refractivity contribution in [3.05, 3.63) is 155 Å². The molecule has 13 heteroatoms. The van der Waals surface area contributed by atoms with E-state index in [4.69, 9.17) is 23.5 Å². The molecule has 0 fully saturated rings. The monoisotopic (exact) mass is 742 g/mol. The van der Waals surface area contributed by atoms with E-state index in [-0.39, 0.29) is 19.0 Å². The fraction of sp³-hybridized carbons (Fsp3) is 0.275. The highest BCUT2D eigenvalue weighted by molar-refractivity contribution is 7.54. The first-order chi connectivity index (χ1) is 25.5. The van der Waals surface area contributed by atoms with Crippen LogP contribution < -0.4 is 0 Å². The molecule has 1 N–H and O–H groups in total. The molecule has 0 saturated heterocycles. The Hall–Kier alpha value is -5.26. The predicted octanol–water partition coefficient (Wildman–Crippen LogP) is 6.37. The van der Waals surface area contributed by atoms with Crippen molar-refractivity contribution in [1.82, 2.24) is 9.34 Å². The van der Waals surface area contributed by atoms with E-state index in [9.17, 15) is 24.1 Å². The second kappa shape index (κ2) is 17.5. The summed E-state index contributed by atoms with van der Waals surface area (Å²) >= 11 is 0. The van der Waals surface area contributed by atoms with Crippen LogP contribution in [0.2, 0.25) is 0 Å². The maximum atomic E-state index is 14.0. The van der Waals surface area contributed by atoms with E-state index in [0.717, 1.165) is 22.3 Å². The van der Waals surface area contributed by atoms with E-state index in [0.29, 0.717) is 0 Å². The van der Waals surface area contributed by atoms with Crippen LogP contribution in [0.5, 0.6) is 0 Å². The Balaban J connectivity index is 1.63. The molecule has 0 spiro atoms. The molecular formula is C40H43N2O10P. The smallest absolute Gasteiger partial charge is 0.395 e. The van der Waals surface area contributed by atoms with E-state index in [1.54, 1.807) is 28.2 Å². The molecule has 1 heterocycles. The van der Waals surface area contributed by atoms with Gasteiger partial charge in [-0.25, -0.2) is 18.7 Å². The number of cyclic esters (lactones) is 1. The first kappa shape index (κ1) is 39.0. The molecule has 0 amide bonds. The summed E-state index contributed by atoms with van der Waals surface area (Å²) in [6.07, 6.45) is -3.78. The summed E-state index contributed by atoms with van der Waals surface area (Å²) in [5.41, 5.74) is 1.75. The maximum absolute atomic E-state index is 14.0. The summed E-state index contributed by atoms with van der Waals surface area (Å²) in [5.74, 6) is -3.67. The predicted molar refractivity (Wildman–Crippen MR) is 196 cm³/mol. The molecule has 5 rings (SSSR count). The van der Waals surface area contributed by atoms with Gasteiger partial charge in [0.25, 0.3) is 5.76 Å². The first-order valence-electron chi connectivity index (χ1n) is 16.9. The van der Waals surface area contributed by atoms with Crippen molar-refractivity contribution in [2.24, 2.45) is 0 Å². The minimum Gasteiger partial charge on any atom is -0.485 e. The topological polar surface area (TPSA) is 141 Å². The molecule has 4 aromatic rings. The molecule has 4 aromatic carbocycles. The summed E-state index contributed by atoms with van der Waals surface area (Å²) in [7, 11) is 2.34. The van der Waals surface area contributed by atoms with Crippen molar-refractivity contribution < 1.29 is 47.5 Å². The lowest BCUT2D eigenvalue weighted by Gasteiger charge is -2.37. The second-order valence-electron chi connectivity index (χ2n) is 12.6. The summed E-state index contributed by atoms with van der Waals surface area (Å²) in [4.78, 5) is 38.4. The van der Waals surface area contributed by atoms with Crippen molar-refractivity contribution in [3.63, 3.8) is 0 Å². The van der Waals surface area contributed by atoms with Gasteiger partial charge in [-0.15, -0.1) is 0 Å². The van der Waals surface area contributed by atoms with Gasteiger partial charge in [0.2, 0.25) is 6.10 Å². The molecule has 1 aliphatic rings. The van der Waals surface area contributed by atoms with Crippen LogP contribution >= 0.6 is 7.67 Å². The molecule has 278 valence electrons. The summed E-state index contributed by atoms with van der Waals surface area (Å²) in [6, 6.07) is 37.6. The van der Waals surface area contributed by atoms with Crippen LogP contribution in [-0.4, -0.2) is 79.4 Å². The number of carboxylic acid groups (broad SMARTS) is 1. The Morgan fingerprint density at radius 2 is 1.25 bits per heavy atom. The van der Waals surface area contributed by atoms with Gasteiger partial charge in [-0.2, -0.15) is 0 Å². The van der Waals surface area contributed by atoms with E-state index in [2.05, 4.69) is 0 Å². The standard InChI is InChI=1S/C40H43N2O10P/c1-41(2)53(47,42(3)4)52-38-37(48-27-29-17-9-5-10-18-29)36(51-39(38)46)33(50-35(45)26-25-34(43)44)28-49-40(30-19-11-6-12-20-30,31-21-13-7-14-22-31)32-23-15-8-16-24-32/h5-24,33,36H,25-28H2,1-4H3,(H,43,44). The van der Waals surface area contributed by atoms with E-state index in [1.165, 1.54) is 9.34 Å². The van der Waals surface area contributed by atoms with Crippen LogP contribution in [0.15, 0.2) is 133 Å². The number of ether oxygens (including phenoxy) is 4. The van der Waals surface area contributed by atoms with Gasteiger partial charge < -0.3 is 28.6 Å². The molecule has 2 atom stereocenters. The SMILES string of the molecule is CN(C)P(=O)(OC1=C(OCc2ccccc2)C(C(COC(c2ccccc2)(c2ccccc2)c2ccccc2)OC(=O)CCC(=O)O)OC1=O)N(C)C. The van der Waals surface area contributed by atoms with Gasteiger partial charge in [-0.05, 0) is 50.4 Å². The lowest BCUT2D eigenvalue weighted by molar-refractivity contribution is -0.171. The lowest BCUT2D eigenvalue weighted by atomic mass is 9.80. The number of esters is 2. The Morgan fingerprint density at radius 3 is 1.70 bits per heavy atom. The summed E-state index contributed by atoms with van der Waals surface area (Å²) < 4.78 is 47.7. The zero-order valence-electron chi connectivity index (χ0n) is 30.0. The largest absolute Gasteiger partial charge is 0.485 e. The molecule has 0 bridgehead atoms. The minimum atomic E-state index is -3.83. The van der Waals surface area contributed by atoms with Gasteiger partial charge in [0, 0.05) is 0 Å². The average molecular weight is 743 g/mol. The van der Waals surface area contributed by atoms with Crippen molar-refractivity contribution >= 4 is 25.6 Å². The number of carbonyl (C=O) groups is 3. The summed E-state index contributed by atoms with van der Waals surface area (Å²) in [5, 5.41) is 9.30. The van der Waals surface area contributed by atoms with Gasteiger partial charge in [0.15, 0.2) is 11.9 Å². The van der Waals surface area contributed by atoms with Gasteiger partial charge in [0.05, 0.1) is 19.4 Å². The van der Waals surface area contributed by atoms with Gasteiger partial charge in [0.1, 0.15) is 12.2 Å². The van der Waals surface area contributed by atoms with Crippen LogP contribution in [0.25, 0.3) is 0 Å². The fourth-order valence-corrected chi connectivity index (χ4v) is 7.34. The number of rotatable bonds is 18. The zero-order valence-corrected chi connectivity index (χ0v) is 30.9. The van der Waals surface area contributed by atoms with Crippen LogP contribution in [0.3, 0.4) is 0 Å². The highest BCUT2D eigenvalue weighted by Crippen LogP contribution is 2.54. The number of carbonyl (C=O) groups excluding carboxylic acids is 2. The number of hydrogen-bond donors (Lipinski definition) is 1. The Morgan fingerprint density at radius 1 is 0.774 bits per heavy atom. The van der Waals surface area contributed by atoms with Crippen LogP contribution in [0.4, 0.5) is 0 Å². The Kier molecular flexibility index (Phi) is 12.9. The zero-order chi connectivity index (χ0) is 38.0. The number of nitrogens with zero attached hydrogens (tertiary/aromatic N) is 2. The number of aliphatic carboxylic acids is 1. The van der Waals surface area contributed by atoms with Crippen molar-refractivity contribution in [2.45, 2.75) is 37.3 Å². The highest BCUT2D eigenvalue weighted by atomic mass is 31.2. The van der Waals surface area contributed by atoms with Crippen molar-refractivity contribution in [2.75, 3.05) is 34.8 Å². The van der Waals surface area contributed by atoms with E-state index < -0.39 is 62.0 Å². The van der Waals surface area contributed by atoms with E-state index in [1.807, 2.05) is 121 Å². The van der Waals surface area contributed by atoms with Gasteiger partial charge in [-0.3, -0.25) is 9.59 Å². The Labute approximate surface area is 309 Å². The highest BCUT2D eigenvalue weighted by Gasteiger charge is 2.49. The minimum absolute atomic E-state index is 0.0487. The third-order valence-corrected chi connectivity index (χ3v) is 11.0. The lowest BCUT2D eigenvalue weighted by Crippen LogP contribution is -2.42. The molecule has 0 radical (unpaired) electrons. The van der Waals surface area contributed by atoms with Gasteiger partial charge in [-0.1, -0.05) is 121 Å². The van der Waals surface area contributed by atoms with Crippen LogP contribution in [0, 0.1) is 0 Å². The molecule has 1 aliphatic heterocycles. The molecule has 12 nitrogen and oxygen atoms in total. The molecule has 0 aliphatic carbocycles. The quantitative estimate of drug-likeness (QED) is 0.0688. The number of hydrogen-bond acceptors (Lipinski definition) is 9. The first-order valence-corrected chi connectivity index (χ1v) is 18.5. The molecule has 0 aromatic heterocycles. The normalized spacial score (nSPS) is 15.3. The average Bonchev–Trinajstić information content (AvgIpc) is 3.47. The van der Waals surface area contributed by atoms with Crippen molar-refractivity contribution in [1.29, 1.82) is 0 Å². The molecule has 2 unspecified atom stereocenters. The summed E-state index contributed by atoms with van der Waals surface area (Å²) in [6.45, 7) is -0.424. The third kappa shape index (κ3) is 9.04. The van der Waals surface area contributed by atoms with Gasteiger partial charge >= 0.3 is 25.6 Å². The fourth-order valence-electron chi connectivity index (χ4n) is 5.90.